The Morgan fingerprint density at radius 2 is 1.90 bits per heavy atom. The molecule has 0 aromatic rings. The highest BCUT2D eigenvalue weighted by Gasteiger charge is 2.58. The van der Waals surface area contributed by atoms with Gasteiger partial charge >= 0.3 is 0 Å². The summed E-state index contributed by atoms with van der Waals surface area (Å²) in [6, 6.07) is 0.0716. The third-order valence-electron chi connectivity index (χ3n) is 9.21. The average Bonchev–Trinajstić information content (AvgIpc) is 2.90. The average molecular weight is 408 g/mol. The standard InChI is InChI=1S/C24H45N3O2/c1-16-22(25)13-21-19(15-28)20(7-9-23(16,21)2)24(3)8-6-18(29)12-17(24)14-26-10-11-27(4)5/h17-22,26,28-29H,1,6-15,25H2,2-5H3/t17-,18+,19+,20?,21?,22?,23+,24+/m0/s1. The Bertz CT molecular complexity index is 582. The van der Waals surface area contributed by atoms with Crippen molar-refractivity contribution in [1.29, 1.82) is 0 Å². The molecule has 3 unspecified atom stereocenters. The van der Waals surface area contributed by atoms with E-state index in [-0.39, 0.29) is 35.5 Å². The van der Waals surface area contributed by atoms with Gasteiger partial charge in [-0.3, -0.25) is 0 Å². The third kappa shape index (κ3) is 4.31. The first-order valence-corrected chi connectivity index (χ1v) is 11.7. The Morgan fingerprint density at radius 1 is 1.17 bits per heavy atom. The number of fused-ring (bicyclic) bond motifs is 1. The second kappa shape index (κ2) is 8.96. The molecule has 3 aliphatic rings. The lowest BCUT2D eigenvalue weighted by Gasteiger charge is -2.56. The van der Waals surface area contributed by atoms with E-state index in [4.69, 9.17) is 5.73 Å². The number of nitrogens with one attached hydrogen (secondary N) is 1. The van der Waals surface area contributed by atoms with Crippen molar-refractivity contribution >= 4 is 0 Å². The van der Waals surface area contributed by atoms with Gasteiger partial charge in [0.1, 0.15) is 0 Å². The summed E-state index contributed by atoms with van der Waals surface area (Å²) >= 11 is 0. The summed E-state index contributed by atoms with van der Waals surface area (Å²) in [5, 5.41) is 24.6. The van der Waals surface area contributed by atoms with Gasteiger partial charge in [0.05, 0.1) is 6.10 Å². The molecule has 0 aromatic heterocycles. The van der Waals surface area contributed by atoms with Gasteiger partial charge in [0, 0.05) is 25.7 Å². The Kier molecular flexibility index (Phi) is 7.17. The number of hydrogen-bond donors (Lipinski definition) is 4. The van der Waals surface area contributed by atoms with Crippen LogP contribution in [0.4, 0.5) is 0 Å². The van der Waals surface area contributed by atoms with Crippen molar-refractivity contribution in [3.05, 3.63) is 12.2 Å². The predicted molar refractivity (Wildman–Crippen MR) is 120 cm³/mol. The summed E-state index contributed by atoms with van der Waals surface area (Å²) in [6.45, 7) is 12.3. The summed E-state index contributed by atoms with van der Waals surface area (Å²) in [5.41, 5.74) is 7.84. The van der Waals surface area contributed by atoms with Crippen LogP contribution in [-0.4, -0.2) is 67.6 Å². The number of likely N-dealkylation sites (N-methyl/N-ethyl adjacent to an activating group) is 1. The van der Waals surface area contributed by atoms with Gasteiger partial charge in [0.15, 0.2) is 0 Å². The molecule has 0 saturated heterocycles. The number of aliphatic hydroxyl groups excluding tert-OH is 2. The molecule has 5 heteroatoms. The molecule has 0 amide bonds. The van der Waals surface area contributed by atoms with Gasteiger partial charge < -0.3 is 26.2 Å². The van der Waals surface area contributed by atoms with Crippen LogP contribution >= 0.6 is 0 Å². The number of nitrogens with two attached hydrogens (primary N) is 1. The molecule has 8 atom stereocenters. The maximum atomic E-state index is 10.5. The lowest BCUT2D eigenvalue weighted by Crippen LogP contribution is -2.53. The van der Waals surface area contributed by atoms with Gasteiger partial charge in [-0.2, -0.15) is 0 Å². The van der Waals surface area contributed by atoms with Crippen molar-refractivity contribution in [3.8, 4) is 0 Å². The first-order chi connectivity index (χ1) is 13.6. The molecule has 3 fully saturated rings. The molecule has 0 bridgehead atoms. The van der Waals surface area contributed by atoms with Crippen molar-refractivity contribution in [2.45, 2.75) is 64.5 Å². The van der Waals surface area contributed by atoms with E-state index in [0.717, 1.165) is 58.2 Å². The monoisotopic (exact) mass is 407 g/mol. The second-order valence-electron chi connectivity index (χ2n) is 11.0. The van der Waals surface area contributed by atoms with Crippen LogP contribution in [0.3, 0.4) is 0 Å². The van der Waals surface area contributed by atoms with E-state index in [1.807, 2.05) is 0 Å². The third-order valence-corrected chi connectivity index (χ3v) is 9.21. The minimum atomic E-state index is -0.190. The number of nitrogens with zero attached hydrogens (tertiary/aromatic N) is 1. The van der Waals surface area contributed by atoms with Crippen LogP contribution in [0.2, 0.25) is 0 Å². The Labute approximate surface area is 178 Å². The largest absolute Gasteiger partial charge is 0.396 e. The fourth-order valence-corrected chi connectivity index (χ4v) is 7.13. The molecule has 0 spiro atoms. The summed E-state index contributed by atoms with van der Waals surface area (Å²) in [4.78, 5) is 2.20. The Balaban J connectivity index is 1.78. The molecule has 0 radical (unpaired) electrons. The maximum absolute atomic E-state index is 10.5. The first kappa shape index (κ1) is 23.2. The lowest BCUT2D eigenvalue weighted by molar-refractivity contribution is -0.0930. The molecule has 168 valence electrons. The molecule has 0 heterocycles. The Hall–Kier alpha value is -0.460. The highest BCUT2D eigenvalue weighted by Crippen LogP contribution is 2.63. The zero-order chi connectivity index (χ0) is 21.4. The second-order valence-corrected chi connectivity index (χ2v) is 11.0. The minimum Gasteiger partial charge on any atom is -0.396 e. The van der Waals surface area contributed by atoms with Gasteiger partial charge in [0.25, 0.3) is 0 Å². The van der Waals surface area contributed by atoms with Gasteiger partial charge in [-0.25, -0.2) is 0 Å². The Morgan fingerprint density at radius 3 is 2.55 bits per heavy atom. The molecule has 29 heavy (non-hydrogen) atoms. The van der Waals surface area contributed by atoms with Crippen molar-refractivity contribution in [3.63, 3.8) is 0 Å². The van der Waals surface area contributed by atoms with Crippen LogP contribution in [0, 0.1) is 34.5 Å². The van der Waals surface area contributed by atoms with Crippen LogP contribution in [0.1, 0.15) is 52.4 Å². The smallest absolute Gasteiger partial charge is 0.0543 e. The SMILES string of the molecule is C=C1C(N)CC2[C@H](CO)C([C@]3(C)CC[C@@H](O)C[C@H]3CNCCN(C)C)CC[C@]12C. The quantitative estimate of drug-likeness (QED) is 0.384. The van der Waals surface area contributed by atoms with E-state index in [1.165, 1.54) is 5.57 Å². The van der Waals surface area contributed by atoms with Crippen molar-refractivity contribution in [2.24, 2.45) is 40.2 Å². The molecular weight excluding hydrogens is 362 g/mol. The van der Waals surface area contributed by atoms with Crippen LogP contribution in [0.15, 0.2) is 12.2 Å². The van der Waals surface area contributed by atoms with E-state index in [9.17, 15) is 10.2 Å². The highest BCUT2D eigenvalue weighted by molar-refractivity contribution is 5.26. The molecule has 3 saturated carbocycles. The normalized spacial score (nSPS) is 45.6. The van der Waals surface area contributed by atoms with E-state index >= 15 is 0 Å². The summed E-state index contributed by atoms with van der Waals surface area (Å²) in [6.07, 6.45) is 5.83. The van der Waals surface area contributed by atoms with Gasteiger partial charge in [0.2, 0.25) is 0 Å². The van der Waals surface area contributed by atoms with Crippen LogP contribution < -0.4 is 11.1 Å². The molecule has 3 rings (SSSR count). The number of aliphatic hydroxyl groups is 2. The van der Waals surface area contributed by atoms with Crippen molar-refractivity contribution < 1.29 is 10.2 Å². The van der Waals surface area contributed by atoms with E-state index in [1.54, 1.807) is 0 Å². The topological polar surface area (TPSA) is 81.8 Å². The van der Waals surface area contributed by atoms with Crippen LogP contribution in [-0.2, 0) is 0 Å². The van der Waals surface area contributed by atoms with Crippen LogP contribution in [0.25, 0.3) is 0 Å². The zero-order valence-corrected chi connectivity index (χ0v) is 19.2. The van der Waals surface area contributed by atoms with Crippen molar-refractivity contribution in [1.82, 2.24) is 10.2 Å². The number of hydrogen-bond acceptors (Lipinski definition) is 5. The molecule has 0 aliphatic heterocycles. The maximum Gasteiger partial charge on any atom is 0.0543 e. The lowest BCUT2D eigenvalue weighted by atomic mass is 9.49. The van der Waals surface area contributed by atoms with E-state index < -0.39 is 0 Å². The highest BCUT2D eigenvalue weighted by atomic mass is 16.3. The van der Waals surface area contributed by atoms with E-state index in [2.05, 4.69) is 44.7 Å². The zero-order valence-electron chi connectivity index (χ0n) is 19.2. The van der Waals surface area contributed by atoms with Crippen LogP contribution in [0.5, 0.6) is 0 Å². The van der Waals surface area contributed by atoms with Gasteiger partial charge in [-0.15, -0.1) is 0 Å². The summed E-state index contributed by atoms with van der Waals surface area (Å²) in [5.74, 6) is 1.63. The van der Waals surface area contributed by atoms with Gasteiger partial charge in [-0.05, 0) is 93.7 Å². The predicted octanol–water partition coefficient (Wildman–Crippen LogP) is 2.23. The fourth-order valence-electron chi connectivity index (χ4n) is 7.13. The fraction of sp³-hybridized carbons (Fsp3) is 0.917. The summed E-state index contributed by atoms with van der Waals surface area (Å²) < 4.78 is 0. The molecule has 3 aliphatic carbocycles. The summed E-state index contributed by atoms with van der Waals surface area (Å²) in [7, 11) is 4.20. The van der Waals surface area contributed by atoms with Gasteiger partial charge in [-0.1, -0.05) is 26.0 Å². The van der Waals surface area contributed by atoms with E-state index in [0.29, 0.717) is 17.8 Å². The molecule has 5 nitrogen and oxygen atoms in total. The first-order valence-electron chi connectivity index (χ1n) is 11.7. The molecular formula is C24H45N3O2. The van der Waals surface area contributed by atoms with Crippen molar-refractivity contribution in [2.75, 3.05) is 40.3 Å². The molecule has 0 aromatic carbocycles. The minimum absolute atomic E-state index is 0.0716. The molecule has 5 N–H and O–H groups in total. The number of rotatable bonds is 7.